The maximum absolute atomic E-state index is 13.5. The van der Waals surface area contributed by atoms with E-state index in [1.807, 2.05) is 0 Å². The molecule has 1 fully saturated rings. The van der Waals surface area contributed by atoms with Crippen LogP contribution in [0.5, 0.6) is 0 Å². The fourth-order valence-electron chi connectivity index (χ4n) is 1.98. The van der Waals surface area contributed by atoms with E-state index >= 15 is 0 Å². The zero-order valence-electron chi connectivity index (χ0n) is 10.1. The van der Waals surface area contributed by atoms with E-state index in [0.717, 1.165) is 18.9 Å². The first-order valence-electron chi connectivity index (χ1n) is 5.91. The van der Waals surface area contributed by atoms with Crippen LogP contribution in [-0.4, -0.2) is 28.1 Å². The van der Waals surface area contributed by atoms with Gasteiger partial charge in [0.2, 0.25) is 0 Å². The number of nitrogens with zero attached hydrogens (tertiary/aromatic N) is 1. The number of hydrogen-bond donors (Lipinski definition) is 1. The molecule has 1 unspecified atom stereocenters. The molecule has 0 aliphatic heterocycles. The van der Waals surface area contributed by atoms with Crippen molar-refractivity contribution >= 4 is 5.97 Å². The zero-order valence-corrected chi connectivity index (χ0v) is 10.1. The van der Waals surface area contributed by atoms with Crippen LogP contribution in [0.2, 0.25) is 0 Å². The van der Waals surface area contributed by atoms with Crippen LogP contribution in [0.25, 0.3) is 0 Å². The number of rotatable bonds is 5. The molecule has 1 aliphatic rings. The van der Waals surface area contributed by atoms with Gasteiger partial charge in [-0.3, -0.25) is 9.69 Å². The van der Waals surface area contributed by atoms with Gasteiger partial charge in [0.1, 0.15) is 17.7 Å². The summed E-state index contributed by atoms with van der Waals surface area (Å²) in [4.78, 5) is 12.8. The average Bonchev–Trinajstić information content (AvgIpc) is 3.11. The number of carboxylic acid groups (broad SMARTS) is 1. The second-order valence-corrected chi connectivity index (χ2v) is 4.65. The van der Waals surface area contributed by atoms with Crippen molar-refractivity contribution in [2.45, 2.75) is 38.4 Å². The lowest BCUT2D eigenvalue weighted by Gasteiger charge is -2.26. The fourth-order valence-corrected chi connectivity index (χ4v) is 1.98. The summed E-state index contributed by atoms with van der Waals surface area (Å²) in [7, 11) is 0. The molecule has 2 rings (SSSR count). The third-order valence-corrected chi connectivity index (χ3v) is 3.24. The Balaban J connectivity index is 2.15. The highest BCUT2D eigenvalue weighted by molar-refractivity contribution is 5.73. The smallest absolute Gasteiger partial charge is 0.320 e. The third kappa shape index (κ3) is 2.85. The Morgan fingerprint density at radius 1 is 1.50 bits per heavy atom. The maximum atomic E-state index is 13.5. The Hall–Kier alpha value is -1.49. The van der Waals surface area contributed by atoms with Gasteiger partial charge in [-0.15, -0.1) is 0 Å². The summed E-state index contributed by atoms with van der Waals surface area (Å²) in [6.07, 6.45) is 1.86. The van der Waals surface area contributed by atoms with Crippen molar-refractivity contribution in [2.24, 2.45) is 0 Å². The van der Waals surface area contributed by atoms with E-state index in [4.69, 9.17) is 5.11 Å². The highest BCUT2D eigenvalue weighted by Gasteiger charge is 2.35. The summed E-state index contributed by atoms with van der Waals surface area (Å²) in [5.41, 5.74) is 0.330. The van der Waals surface area contributed by atoms with Gasteiger partial charge in [0.05, 0.1) is 0 Å². The molecule has 5 heteroatoms. The minimum absolute atomic E-state index is 0.195. The van der Waals surface area contributed by atoms with Gasteiger partial charge >= 0.3 is 5.97 Å². The highest BCUT2D eigenvalue weighted by atomic mass is 19.1. The molecule has 98 valence electrons. The van der Waals surface area contributed by atoms with Crippen LogP contribution in [0.3, 0.4) is 0 Å². The Morgan fingerprint density at radius 2 is 2.17 bits per heavy atom. The second-order valence-electron chi connectivity index (χ2n) is 4.65. The predicted molar refractivity (Wildman–Crippen MR) is 62.0 cm³/mol. The molecule has 1 saturated carbocycles. The Morgan fingerprint density at radius 3 is 2.67 bits per heavy atom. The molecule has 0 heterocycles. The SMILES string of the molecule is CC(C(=O)O)N(Cc1ccc(F)cc1F)C1CC1. The predicted octanol–water partition coefficient (Wildman–Crippen LogP) is 2.40. The number of benzene rings is 1. The summed E-state index contributed by atoms with van der Waals surface area (Å²) in [5, 5.41) is 9.03. The van der Waals surface area contributed by atoms with Crippen LogP contribution < -0.4 is 0 Å². The number of aliphatic carboxylic acids is 1. The van der Waals surface area contributed by atoms with Crippen LogP contribution in [0.4, 0.5) is 8.78 Å². The van der Waals surface area contributed by atoms with E-state index < -0.39 is 23.6 Å². The van der Waals surface area contributed by atoms with Gasteiger partial charge in [-0.2, -0.15) is 0 Å². The van der Waals surface area contributed by atoms with Crippen molar-refractivity contribution in [3.8, 4) is 0 Å². The summed E-state index contributed by atoms with van der Waals surface area (Å²) >= 11 is 0. The van der Waals surface area contributed by atoms with Crippen LogP contribution in [0.1, 0.15) is 25.3 Å². The first kappa shape index (κ1) is 13.0. The number of hydrogen-bond acceptors (Lipinski definition) is 2. The molecule has 1 N–H and O–H groups in total. The summed E-state index contributed by atoms with van der Waals surface area (Å²) in [6.45, 7) is 1.78. The molecule has 0 spiro atoms. The summed E-state index contributed by atoms with van der Waals surface area (Å²) in [6, 6.07) is 2.91. The zero-order chi connectivity index (χ0) is 13.3. The Labute approximate surface area is 104 Å². The average molecular weight is 255 g/mol. The molecule has 1 aliphatic carbocycles. The first-order chi connectivity index (χ1) is 8.49. The topological polar surface area (TPSA) is 40.5 Å². The molecular weight excluding hydrogens is 240 g/mol. The standard InChI is InChI=1S/C13H15F2NO2/c1-8(13(17)18)16(11-4-5-11)7-9-2-3-10(14)6-12(9)15/h2-3,6,8,11H,4-5,7H2,1H3,(H,17,18). The van der Waals surface area contributed by atoms with Gasteiger partial charge in [0, 0.05) is 24.2 Å². The third-order valence-electron chi connectivity index (χ3n) is 3.24. The van der Waals surface area contributed by atoms with Gasteiger partial charge in [0.15, 0.2) is 0 Å². The normalized spacial score (nSPS) is 16.9. The van der Waals surface area contributed by atoms with Crippen molar-refractivity contribution in [3.05, 3.63) is 35.4 Å². The van der Waals surface area contributed by atoms with E-state index in [-0.39, 0.29) is 12.6 Å². The van der Waals surface area contributed by atoms with Crippen LogP contribution in [-0.2, 0) is 11.3 Å². The highest BCUT2D eigenvalue weighted by Crippen LogP contribution is 2.30. The maximum Gasteiger partial charge on any atom is 0.320 e. The molecule has 0 aromatic heterocycles. The minimum Gasteiger partial charge on any atom is -0.480 e. The molecule has 0 amide bonds. The molecule has 3 nitrogen and oxygen atoms in total. The second kappa shape index (κ2) is 5.02. The van der Waals surface area contributed by atoms with Crippen molar-refractivity contribution < 1.29 is 18.7 Å². The fraction of sp³-hybridized carbons (Fsp3) is 0.462. The molecule has 18 heavy (non-hydrogen) atoms. The molecular formula is C13H15F2NO2. The molecule has 0 saturated heterocycles. The van der Waals surface area contributed by atoms with Gasteiger partial charge in [-0.05, 0) is 25.8 Å². The van der Waals surface area contributed by atoms with E-state index in [0.29, 0.717) is 5.56 Å². The van der Waals surface area contributed by atoms with Gasteiger partial charge in [-0.1, -0.05) is 6.07 Å². The Kier molecular flexibility index (Phi) is 3.61. The van der Waals surface area contributed by atoms with E-state index in [2.05, 4.69) is 0 Å². The monoisotopic (exact) mass is 255 g/mol. The van der Waals surface area contributed by atoms with Gasteiger partial charge in [0.25, 0.3) is 0 Å². The van der Waals surface area contributed by atoms with E-state index in [9.17, 15) is 13.6 Å². The molecule has 1 aromatic rings. The van der Waals surface area contributed by atoms with Crippen LogP contribution >= 0.6 is 0 Å². The first-order valence-corrected chi connectivity index (χ1v) is 5.91. The minimum atomic E-state index is -0.926. The van der Waals surface area contributed by atoms with Crippen molar-refractivity contribution in [2.75, 3.05) is 0 Å². The van der Waals surface area contributed by atoms with Gasteiger partial charge in [-0.25, -0.2) is 8.78 Å². The molecule has 0 radical (unpaired) electrons. The summed E-state index contributed by atoms with van der Waals surface area (Å²) < 4.78 is 26.3. The number of carboxylic acids is 1. The summed E-state index contributed by atoms with van der Waals surface area (Å²) in [5.74, 6) is -2.18. The largest absolute Gasteiger partial charge is 0.480 e. The van der Waals surface area contributed by atoms with Crippen molar-refractivity contribution in [3.63, 3.8) is 0 Å². The van der Waals surface area contributed by atoms with Crippen molar-refractivity contribution in [1.29, 1.82) is 0 Å². The van der Waals surface area contributed by atoms with Crippen LogP contribution in [0.15, 0.2) is 18.2 Å². The number of carbonyl (C=O) groups is 1. The lowest BCUT2D eigenvalue weighted by atomic mass is 10.1. The molecule has 1 atom stereocenters. The molecule has 0 bridgehead atoms. The Bertz CT molecular complexity index is 460. The van der Waals surface area contributed by atoms with Gasteiger partial charge < -0.3 is 5.11 Å². The lowest BCUT2D eigenvalue weighted by Crippen LogP contribution is -2.40. The molecule has 1 aromatic carbocycles. The van der Waals surface area contributed by atoms with Crippen molar-refractivity contribution in [1.82, 2.24) is 4.90 Å². The lowest BCUT2D eigenvalue weighted by molar-refractivity contribution is -0.143. The van der Waals surface area contributed by atoms with Crippen LogP contribution in [0, 0.1) is 11.6 Å². The van der Waals surface area contributed by atoms with E-state index in [1.165, 1.54) is 12.1 Å². The quantitative estimate of drug-likeness (QED) is 0.878. The number of halogens is 2. The van der Waals surface area contributed by atoms with E-state index in [1.54, 1.807) is 11.8 Å².